The van der Waals surface area contributed by atoms with Crippen molar-refractivity contribution in [2.75, 3.05) is 21.3 Å². The first kappa shape index (κ1) is 17.9. The summed E-state index contributed by atoms with van der Waals surface area (Å²) in [6, 6.07) is 14.0. The summed E-state index contributed by atoms with van der Waals surface area (Å²) in [5, 5.41) is 7.59. The standard InChI is InChI=1S/C21H24N2O3/c1-5-6-16-11-14(7-9-19(16)24-2)17-13-18(23-22-17)15-8-10-20(25-3)21(12-15)26-4/h7-13H,5-6H2,1-4H3,(H,22,23). The van der Waals surface area contributed by atoms with Gasteiger partial charge in [-0.3, -0.25) is 5.10 Å². The molecule has 0 fully saturated rings. The number of nitrogens with one attached hydrogen (secondary N) is 1. The van der Waals surface area contributed by atoms with Crippen LogP contribution >= 0.6 is 0 Å². The Kier molecular flexibility index (Phi) is 5.46. The molecule has 0 amide bonds. The second-order valence-corrected chi connectivity index (χ2v) is 6.01. The number of rotatable bonds is 7. The Bertz CT molecular complexity index is 887. The molecule has 5 heteroatoms. The van der Waals surface area contributed by atoms with Gasteiger partial charge >= 0.3 is 0 Å². The highest BCUT2D eigenvalue weighted by Crippen LogP contribution is 2.33. The van der Waals surface area contributed by atoms with Gasteiger partial charge in [0.15, 0.2) is 11.5 Å². The van der Waals surface area contributed by atoms with E-state index in [2.05, 4.69) is 23.2 Å². The van der Waals surface area contributed by atoms with E-state index in [1.807, 2.05) is 36.4 Å². The van der Waals surface area contributed by atoms with E-state index in [9.17, 15) is 0 Å². The number of methoxy groups -OCH3 is 3. The van der Waals surface area contributed by atoms with E-state index in [0.717, 1.165) is 41.1 Å². The zero-order valence-corrected chi connectivity index (χ0v) is 15.6. The minimum Gasteiger partial charge on any atom is -0.496 e. The molecule has 136 valence electrons. The van der Waals surface area contributed by atoms with Crippen molar-refractivity contribution in [1.82, 2.24) is 10.2 Å². The lowest BCUT2D eigenvalue weighted by atomic mass is 10.0. The third kappa shape index (κ3) is 3.52. The average molecular weight is 352 g/mol. The van der Waals surface area contributed by atoms with Crippen LogP contribution in [0, 0.1) is 0 Å². The van der Waals surface area contributed by atoms with Gasteiger partial charge in [0.25, 0.3) is 0 Å². The zero-order valence-electron chi connectivity index (χ0n) is 15.6. The lowest BCUT2D eigenvalue weighted by Crippen LogP contribution is -1.92. The van der Waals surface area contributed by atoms with Gasteiger partial charge in [-0.15, -0.1) is 0 Å². The molecular formula is C21H24N2O3. The van der Waals surface area contributed by atoms with Gasteiger partial charge in [0.1, 0.15) is 5.75 Å². The minimum atomic E-state index is 0.691. The van der Waals surface area contributed by atoms with Crippen LogP contribution in [0.2, 0.25) is 0 Å². The van der Waals surface area contributed by atoms with Gasteiger partial charge < -0.3 is 14.2 Å². The summed E-state index contributed by atoms with van der Waals surface area (Å²) < 4.78 is 16.1. The SMILES string of the molecule is CCCc1cc(-c2cc(-c3ccc(OC)c(OC)c3)[nH]n2)ccc1OC. The quantitative estimate of drug-likeness (QED) is 0.668. The van der Waals surface area contributed by atoms with Crippen molar-refractivity contribution in [2.45, 2.75) is 19.8 Å². The van der Waals surface area contributed by atoms with Crippen molar-refractivity contribution in [2.24, 2.45) is 0 Å². The first-order chi connectivity index (χ1) is 12.7. The zero-order chi connectivity index (χ0) is 18.5. The normalized spacial score (nSPS) is 10.6. The van der Waals surface area contributed by atoms with E-state index in [4.69, 9.17) is 14.2 Å². The molecule has 26 heavy (non-hydrogen) atoms. The maximum atomic E-state index is 5.46. The largest absolute Gasteiger partial charge is 0.496 e. The number of hydrogen-bond donors (Lipinski definition) is 1. The van der Waals surface area contributed by atoms with Gasteiger partial charge in [-0.2, -0.15) is 5.10 Å². The second kappa shape index (κ2) is 7.95. The van der Waals surface area contributed by atoms with Crippen molar-refractivity contribution >= 4 is 0 Å². The molecule has 1 aromatic heterocycles. The number of aromatic nitrogens is 2. The van der Waals surface area contributed by atoms with Gasteiger partial charge in [0.05, 0.1) is 32.7 Å². The molecule has 0 aliphatic heterocycles. The first-order valence-electron chi connectivity index (χ1n) is 8.65. The monoisotopic (exact) mass is 352 g/mol. The molecule has 0 atom stereocenters. The molecule has 2 aromatic carbocycles. The van der Waals surface area contributed by atoms with E-state index in [0.29, 0.717) is 11.5 Å². The Morgan fingerprint density at radius 2 is 1.50 bits per heavy atom. The average Bonchev–Trinajstić information content (AvgIpc) is 3.18. The molecule has 0 radical (unpaired) electrons. The highest BCUT2D eigenvalue weighted by molar-refractivity contribution is 5.71. The van der Waals surface area contributed by atoms with Crippen molar-refractivity contribution in [3.05, 3.63) is 48.0 Å². The third-order valence-electron chi connectivity index (χ3n) is 4.37. The van der Waals surface area contributed by atoms with E-state index >= 15 is 0 Å². The van der Waals surface area contributed by atoms with E-state index < -0.39 is 0 Å². The molecule has 1 heterocycles. The number of nitrogens with zero attached hydrogens (tertiary/aromatic N) is 1. The molecule has 0 spiro atoms. The van der Waals surface area contributed by atoms with Gasteiger partial charge in [0.2, 0.25) is 0 Å². The van der Waals surface area contributed by atoms with Crippen LogP contribution < -0.4 is 14.2 Å². The number of hydrogen-bond acceptors (Lipinski definition) is 4. The lowest BCUT2D eigenvalue weighted by Gasteiger charge is -2.09. The summed E-state index contributed by atoms with van der Waals surface area (Å²) in [4.78, 5) is 0. The Hall–Kier alpha value is -2.95. The number of aromatic amines is 1. The topological polar surface area (TPSA) is 56.4 Å². The summed E-state index contributed by atoms with van der Waals surface area (Å²) in [5.74, 6) is 2.32. The number of ether oxygens (including phenoxy) is 3. The molecule has 3 rings (SSSR count). The fourth-order valence-corrected chi connectivity index (χ4v) is 3.02. The van der Waals surface area contributed by atoms with Crippen LogP contribution in [0.25, 0.3) is 22.5 Å². The van der Waals surface area contributed by atoms with E-state index in [1.54, 1.807) is 21.3 Å². The third-order valence-corrected chi connectivity index (χ3v) is 4.37. The molecule has 0 saturated heterocycles. The molecule has 0 aliphatic carbocycles. The maximum absolute atomic E-state index is 5.46. The van der Waals surface area contributed by atoms with Crippen LogP contribution in [0.5, 0.6) is 17.2 Å². The van der Waals surface area contributed by atoms with Gasteiger partial charge in [-0.25, -0.2) is 0 Å². The maximum Gasteiger partial charge on any atom is 0.161 e. The smallest absolute Gasteiger partial charge is 0.161 e. The number of benzene rings is 2. The minimum absolute atomic E-state index is 0.691. The Labute approximate surface area is 153 Å². The highest BCUT2D eigenvalue weighted by atomic mass is 16.5. The van der Waals surface area contributed by atoms with Crippen molar-refractivity contribution in [1.29, 1.82) is 0 Å². The Morgan fingerprint density at radius 3 is 2.19 bits per heavy atom. The highest BCUT2D eigenvalue weighted by Gasteiger charge is 2.11. The van der Waals surface area contributed by atoms with E-state index in [-0.39, 0.29) is 0 Å². The lowest BCUT2D eigenvalue weighted by molar-refractivity contribution is 0.355. The summed E-state index contributed by atoms with van der Waals surface area (Å²) >= 11 is 0. The summed E-state index contributed by atoms with van der Waals surface area (Å²) in [5.41, 5.74) is 5.08. The van der Waals surface area contributed by atoms with Gasteiger partial charge in [0, 0.05) is 11.1 Å². The Morgan fingerprint density at radius 1 is 0.808 bits per heavy atom. The number of H-pyrrole nitrogens is 1. The summed E-state index contributed by atoms with van der Waals surface area (Å²) in [6.07, 6.45) is 2.04. The molecule has 1 N–H and O–H groups in total. The molecule has 5 nitrogen and oxygen atoms in total. The van der Waals surface area contributed by atoms with Crippen LogP contribution in [-0.4, -0.2) is 31.5 Å². The van der Waals surface area contributed by atoms with Crippen LogP contribution in [0.1, 0.15) is 18.9 Å². The predicted octanol–water partition coefficient (Wildman–Crippen LogP) is 4.72. The molecule has 0 saturated carbocycles. The van der Waals surface area contributed by atoms with Gasteiger partial charge in [-0.1, -0.05) is 13.3 Å². The van der Waals surface area contributed by atoms with Gasteiger partial charge in [-0.05, 0) is 54.4 Å². The van der Waals surface area contributed by atoms with Crippen LogP contribution in [0.4, 0.5) is 0 Å². The van der Waals surface area contributed by atoms with Crippen molar-refractivity contribution < 1.29 is 14.2 Å². The summed E-state index contributed by atoms with van der Waals surface area (Å²) in [6.45, 7) is 2.16. The molecule has 0 aliphatic rings. The molecule has 3 aromatic rings. The van der Waals surface area contributed by atoms with E-state index in [1.165, 1.54) is 5.56 Å². The fraction of sp³-hybridized carbons (Fsp3) is 0.286. The Balaban J connectivity index is 1.94. The van der Waals surface area contributed by atoms with Crippen LogP contribution in [0.3, 0.4) is 0 Å². The number of aryl methyl sites for hydroxylation is 1. The fourth-order valence-electron chi connectivity index (χ4n) is 3.02. The predicted molar refractivity (Wildman–Crippen MR) is 103 cm³/mol. The molecule has 0 unspecified atom stereocenters. The van der Waals surface area contributed by atoms with Crippen molar-refractivity contribution in [3.8, 4) is 39.8 Å². The molecule has 0 bridgehead atoms. The second-order valence-electron chi connectivity index (χ2n) is 6.01. The van der Waals surface area contributed by atoms with Crippen LogP contribution in [0.15, 0.2) is 42.5 Å². The first-order valence-corrected chi connectivity index (χ1v) is 8.65. The summed E-state index contributed by atoms with van der Waals surface area (Å²) in [7, 11) is 4.97. The van der Waals surface area contributed by atoms with Crippen molar-refractivity contribution in [3.63, 3.8) is 0 Å². The van der Waals surface area contributed by atoms with Crippen LogP contribution in [-0.2, 0) is 6.42 Å². The molecular weight excluding hydrogens is 328 g/mol.